The molecule has 3 rings (SSSR count). The van der Waals surface area contributed by atoms with Crippen LogP contribution in [-0.2, 0) is 18.4 Å². The number of aromatic nitrogens is 4. The molecule has 7 nitrogen and oxygen atoms in total. The number of thiazole rings is 1. The van der Waals surface area contributed by atoms with Gasteiger partial charge in [0.25, 0.3) is 0 Å². The first-order valence-corrected chi connectivity index (χ1v) is 9.76. The van der Waals surface area contributed by atoms with Gasteiger partial charge in [-0.2, -0.15) is 0 Å². The summed E-state index contributed by atoms with van der Waals surface area (Å²) in [4.78, 5) is 17.5. The first-order chi connectivity index (χ1) is 12.5. The molecule has 0 saturated heterocycles. The molecule has 0 aliphatic heterocycles. The van der Waals surface area contributed by atoms with Crippen LogP contribution in [0.25, 0.3) is 0 Å². The van der Waals surface area contributed by atoms with Crippen molar-refractivity contribution in [3.05, 3.63) is 46.7 Å². The molecule has 0 aliphatic carbocycles. The number of para-hydroxylation sites is 1. The van der Waals surface area contributed by atoms with Crippen LogP contribution in [0.3, 0.4) is 0 Å². The summed E-state index contributed by atoms with van der Waals surface area (Å²) in [7, 11) is 1.86. The Kier molecular flexibility index (Phi) is 5.89. The van der Waals surface area contributed by atoms with Crippen LogP contribution in [0.4, 0.5) is 5.13 Å². The predicted molar refractivity (Wildman–Crippen MR) is 103 cm³/mol. The lowest BCUT2D eigenvalue weighted by atomic mass is 10.3. The quantitative estimate of drug-likeness (QED) is 0.625. The van der Waals surface area contributed by atoms with Crippen LogP contribution in [0, 0.1) is 13.8 Å². The minimum atomic E-state index is -0.117. The van der Waals surface area contributed by atoms with E-state index in [9.17, 15) is 4.79 Å². The SMILES string of the molecule is Cc1nc(NC(=O)CSc2nnc(COc3ccccc3)n2C)sc1C. The second-order valence-electron chi connectivity index (χ2n) is 5.56. The number of ether oxygens (including phenoxy) is 1. The van der Waals surface area contributed by atoms with Crippen molar-refractivity contribution in [3.63, 3.8) is 0 Å². The Balaban J connectivity index is 1.52. The van der Waals surface area contributed by atoms with E-state index in [-0.39, 0.29) is 11.7 Å². The number of anilines is 1. The van der Waals surface area contributed by atoms with Crippen molar-refractivity contribution in [1.82, 2.24) is 19.7 Å². The van der Waals surface area contributed by atoms with E-state index in [1.165, 1.54) is 23.1 Å². The van der Waals surface area contributed by atoms with Gasteiger partial charge in [-0.05, 0) is 26.0 Å². The summed E-state index contributed by atoms with van der Waals surface area (Å²) in [5.74, 6) is 1.60. The molecule has 0 atom stereocenters. The van der Waals surface area contributed by atoms with Crippen molar-refractivity contribution in [3.8, 4) is 5.75 Å². The summed E-state index contributed by atoms with van der Waals surface area (Å²) in [6.07, 6.45) is 0. The van der Waals surface area contributed by atoms with E-state index in [4.69, 9.17) is 4.74 Å². The fourth-order valence-corrected chi connectivity index (χ4v) is 3.63. The molecule has 2 aromatic heterocycles. The standard InChI is InChI=1S/C17H19N5O2S2/c1-11-12(2)26-16(18-11)19-15(23)10-25-17-21-20-14(22(17)3)9-24-13-7-5-4-6-8-13/h4-8H,9-10H2,1-3H3,(H,18,19,23). The number of thioether (sulfide) groups is 1. The smallest absolute Gasteiger partial charge is 0.236 e. The summed E-state index contributed by atoms with van der Waals surface area (Å²) in [5.41, 5.74) is 0.939. The molecule has 9 heteroatoms. The number of aryl methyl sites for hydroxylation is 2. The Hall–Kier alpha value is -2.39. The summed E-state index contributed by atoms with van der Waals surface area (Å²) in [6.45, 7) is 4.22. The maximum Gasteiger partial charge on any atom is 0.236 e. The Morgan fingerprint density at radius 1 is 1.27 bits per heavy atom. The monoisotopic (exact) mass is 389 g/mol. The fraction of sp³-hybridized carbons (Fsp3) is 0.294. The zero-order chi connectivity index (χ0) is 18.5. The van der Waals surface area contributed by atoms with Gasteiger partial charge in [0.05, 0.1) is 11.4 Å². The molecule has 0 saturated carbocycles. The predicted octanol–water partition coefficient (Wildman–Crippen LogP) is 3.20. The molecule has 0 bridgehead atoms. The number of hydrogen-bond donors (Lipinski definition) is 1. The molecule has 0 aliphatic rings. The normalized spacial score (nSPS) is 10.7. The number of amides is 1. The second kappa shape index (κ2) is 8.33. The number of nitrogens with one attached hydrogen (secondary N) is 1. The largest absolute Gasteiger partial charge is 0.486 e. The van der Waals surface area contributed by atoms with Gasteiger partial charge < -0.3 is 14.6 Å². The van der Waals surface area contributed by atoms with E-state index in [2.05, 4.69) is 20.5 Å². The van der Waals surface area contributed by atoms with E-state index in [0.29, 0.717) is 22.7 Å². The zero-order valence-corrected chi connectivity index (χ0v) is 16.4. The Morgan fingerprint density at radius 2 is 2.04 bits per heavy atom. The zero-order valence-electron chi connectivity index (χ0n) is 14.7. The number of carbonyl (C=O) groups excluding carboxylic acids is 1. The van der Waals surface area contributed by atoms with Crippen LogP contribution in [-0.4, -0.2) is 31.4 Å². The van der Waals surface area contributed by atoms with Gasteiger partial charge in [-0.1, -0.05) is 30.0 Å². The Morgan fingerprint density at radius 3 is 2.73 bits per heavy atom. The van der Waals surface area contributed by atoms with E-state index in [1.807, 2.05) is 55.8 Å². The van der Waals surface area contributed by atoms with Gasteiger partial charge in [0.1, 0.15) is 12.4 Å². The van der Waals surface area contributed by atoms with E-state index in [0.717, 1.165) is 16.3 Å². The topological polar surface area (TPSA) is 81.9 Å². The fourth-order valence-electron chi connectivity index (χ4n) is 2.07. The number of carbonyl (C=O) groups is 1. The van der Waals surface area contributed by atoms with Crippen LogP contribution in [0.15, 0.2) is 35.5 Å². The maximum absolute atomic E-state index is 12.1. The minimum absolute atomic E-state index is 0.117. The van der Waals surface area contributed by atoms with Crippen LogP contribution < -0.4 is 10.1 Å². The lowest BCUT2D eigenvalue weighted by molar-refractivity contribution is -0.113. The Labute approximate surface area is 159 Å². The highest BCUT2D eigenvalue weighted by atomic mass is 32.2. The summed E-state index contributed by atoms with van der Waals surface area (Å²) < 4.78 is 7.52. The van der Waals surface area contributed by atoms with Crippen LogP contribution >= 0.6 is 23.1 Å². The number of nitrogens with zero attached hydrogens (tertiary/aromatic N) is 4. The molecule has 2 heterocycles. The first-order valence-electron chi connectivity index (χ1n) is 7.95. The molecule has 1 N–H and O–H groups in total. The molecule has 0 spiro atoms. The number of benzene rings is 1. The van der Waals surface area contributed by atoms with Crippen molar-refractivity contribution in [2.24, 2.45) is 7.05 Å². The van der Waals surface area contributed by atoms with E-state index < -0.39 is 0 Å². The average molecular weight is 390 g/mol. The van der Waals surface area contributed by atoms with Gasteiger partial charge in [0.15, 0.2) is 16.1 Å². The summed E-state index contributed by atoms with van der Waals surface area (Å²) in [6, 6.07) is 9.54. The number of hydrogen-bond acceptors (Lipinski definition) is 7. The molecule has 136 valence electrons. The van der Waals surface area contributed by atoms with Crippen LogP contribution in [0.2, 0.25) is 0 Å². The maximum atomic E-state index is 12.1. The summed E-state index contributed by atoms with van der Waals surface area (Å²) >= 11 is 2.80. The third-order valence-corrected chi connectivity index (χ3v) is 5.65. The van der Waals surface area contributed by atoms with Gasteiger partial charge in [0.2, 0.25) is 5.91 Å². The minimum Gasteiger partial charge on any atom is -0.486 e. The summed E-state index contributed by atoms with van der Waals surface area (Å²) in [5, 5.41) is 12.4. The second-order valence-corrected chi connectivity index (χ2v) is 7.70. The lowest BCUT2D eigenvalue weighted by Gasteiger charge is -2.06. The van der Waals surface area contributed by atoms with Gasteiger partial charge in [0, 0.05) is 11.9 Å². The van der Waals surface area contributed by atoms with Crippen molar-refractivity contribution in [2.45, 2.75) is 25.6 Å². The van der Waals surface area contributed by atoms with Crippen molar-refractivity contribution < 1.29 is 9.53 Å². The van der Waals surface area contributed by atoms with Gasteiger partial charge >= 0.3 is 0 Å². The molecule has 3 aromatic rings. The molecule has 1 amide bonds. The van der Waals surface area contributed by atoms with Gasteiger partial charge in [-0.15, -0.1) is 21.5 Å². The third-order valence-electron chi connectivity index (χ3n) is 3.64. The van der Waals surface area contributed by atoms with Crippen LogP contribution in [0.5, 0.6) is 5.75 Å². The highest BCUT2D eigenvalue weighted by molar-refractivity contribution is 7.99. The highest BCUT2D eigenvalue weighted by Gasteiger charge is 2.13. The number of rotatable bonds is 7. The molecule has 1 aromatic carbocycles. The third kappa shape index (κ3) is 4.61. The van der Waals surface area contributed by atoms with Gasteiger partial charge in [-0.25, -0.2) is 4.98 Å². The van der Waals surface area contributed by atoms with Gasteiger partial charge in [-0.3, -0.25) is 4.79 Å². The van der Waals surface area contributed by atoms with Crippen LogP contribution in [0.1, 0.15) is 16.4 Å². The molecular formula is C17H19N5O2S2. The Bertz CT molecular complexity index is 872. The van der Waals surface area contributed by atoms with Crippen molar-refractivity contribution in [2.75, 3.05) is 11.1 Å². The molecule has 0 fully saturated rings. The van der Waals surface area contributed by atoms with E-state index >= 15 is 0 Å². The lowest BCUT2D eigenvalue weighted by Crippen LogP contribution is -2.14. The average Bonchev–Trinajstić information content (AvgIpc) is 3.14. The van der Waals surface area contributed by atoms with E-state index in [1.54, 1.807) is 0 Å². The van der Waals surface area contributed by atoms with Crippen molar-refractivity contribution >= 4 is 34.1 Å². The molecular weight excluding hydrogens is 370 g/mol. The molecule has 0 unspecified atom stereocenters. The first kappa shape index (κ1) is 18.4. The molecule has 0 radical (unpaired) electrons. The van der Waals surface area contributed by atoms with Crippen molar-refractivity contribution in [1.29, 1.82) is 0 Å². The highest BCUT2D eigenvalue weighted by Crippen LogP contribution is 2.22. The molecule has 26 heavy (non-hydrogen) atoms.